The lowest BCUT2D eigenvalue weighted by atomic mass is 9.85. The maximum Gasteiger partial charge on any atom is 0.147 e. The molecule has 0 N–H and O–H groups in total. The van der Waals surface area contributed by atoms with Crippen LogP contribution in [0.2, 0.25) is 0 Å². The molecule has 15 heavy (non-hydrogen) atoms. The first-order valence-electron chi connectivity index (χ1n) is 5.51. The predicted molar refractivity (Wildman–Crippen MR) is 66.3 cm³/mol. The van der Waals surface area contributed by atoms with E-state index in [-0.39, 0.29) is 0 Å². The van der Waals surface area contributed by atoms with E-state index in [4.69, 9.17) is 0 Å². The van der Waals surface area contributed by atoms with Crippen LogP contribution in [-0.2, 0) is 6.54 Å². The van der Waals surface area contributed by atoms with Crippen molar-refractivity contribution >= 4 is 15.9 Å². The molecule has 0 aliphatic rings. The quantitative estimate of drug-likeness (QED) is 0.772. The van der Waals surface area contributed by atoms with Gasteiger partial charge in [0.15, 0.2) is 0 Å². The number of aryl methyl sites for hydroxylation is 2. The van der Waals surface area contributed by atoms with E-state index in [9.17, 15) is 0 Å². The van der Waals surface area contributed by atoms with Crippen LogP contribution in [-0.4, -0.2) is 20.1 Å². The van der Waals surface area contributed by atoms with Crippen molar-refractivity contribution in [3.05, 3.63) is 11.6 Å². The minimum absolute atomic E-state index is 0.310. The Morgan fingerprint density at radius 3 is 2.20 bits per heavy atom. The molecule has 0 bridgehead atoms. The first kappa shape index (κ1) is 12.7. The predicted octanol–water partition coefficient (Wildman–Crippen LogP) is 3.10. The molecule has 0 saturated carbocycles. The van der Waals surface area contributed by atoms with Gasteiger partial charge in [0.2, 0.25) is 0 Å². The lowest BCUT2D eigenvalue weighted by molar-refractivity contribution is 0.245. The number of hydrogen-bond donors (Lipinski definition) is 0. The van der Waals surface area contributed by atoms with Crippen LogP contribution in [0.5, 0.6) is 0 Å². The zero-order valence-corrected chi connectivity index (χ0v) is 11.6. The van der Waals surface area contributed by atoms with Crippen LogP contribution in [0, 0.1) is 19.3 Å². The highest BCUT2D eigenvalue weighted by Gasteiger charge is 2.26. The molecule has 0 saturated heterocycles. The minimum atomic E-state index is 0.310. The molecule has 4 heteroatoms. The van der Waals surface area contributed by atoms with Gasteiger partial charge in [-0.25, -0.2) is 9.67 Å². The maximum absolute atomic E-state index is 4.42. The average Bonchev–Trinajstić information content (AvgIpc) is 2.54. The molecule has 3 nitrogen and oxygen atoms in total. The van der Waals surface area contributed by atoms with Crippen LogP contribution in [0.4, 0.5) is 0 Å². The lowest BCUT2D eigenvalue weighted by Gasteiger charge is -2.29. The molecule has 0 aromatic carbocycles. The second kappa shape index (κ2) is 5.10. The summed E-state index contributed by atoms with van der Waals surface area (Å²) in [6.45, 7) is 9.40. The third-order valence-corrected chi connectivity index (χ3v) is 4.42. The number of nitrogens with zero attached hydrogens (tertiary/aromatic N) is 3. The van der Waals surface area contributed by atoms with E-state index in [0.717, 1.165) is 36.4 Å². The number of alkyl halides is 1. The van der Waals surface area contributed by atoms with Crippen LogP contribution in [0.1, 0.15) is 38.3 Å². The average molecular weight is 274 g/mol. The van der Waals surface area contributed by atoms with E-state index in [1.165, 1.54) is 0 Å². The number of aromatic nitrogens is 3. The molecule has 0 aliphatic heterocycles. The third kappa shape index (κ3) is 2.80. The van der Waals surface area contributed by atoms with Gasteiger partial charge in [0.1, 0.15) is 11.6 Å². The summed E-state index contributed by atoms with van der Waals surface area (Å²) in [7, 11) is 0. The second-order valence-electron chi connectivity index (χ2n) is 4.20. The highest BCUT2D eigenvalue weighted by atomic mass is 79.9. The second-order valence-corrected chi connectivity index (χ2v) is 4.77. The summed E-state index contributed by atoms with van der Waals surface area (Å²) in [5, 5.41) is 5.44. The fourth-order valence-corrected chi connectivity index (χ4v) is 2.70. The Hall–Kier alpha value is -0.380. The van der Waals surface area contributed by atoms with Crippen LogP contribution < -0.4 is 0 Å². The third-order valence-electron chi connectivity index (χ3n) is 3.23. The molecule has 0 radical (unpaired) electrons. The summed E-state index contributed by atoms with van der Waals surface area (Å²) >= 11 is 3.62. The van der Waals surface area contributed by atoms with Gasteiger partial charge < -0.3 is 0 Å². The van der Waals surface area contributed by atoms with Crippen molar-refractivity contribution in [1.82, 2.24) is 14.8 Å². The first-order chi connectivity index (χ1) is 7.06. The zero-order chi connectivity index (χ0) is 11.5. The molecule has 1 aromatic rings. The fraction of sp³-hybridized carbons (Fsp3) is 0.818. The summed E-state index contributed by atoms with van der Waals surface area (Å²) in [5.74, 6) is 1.88. The maximum atomic E-state index is 4.42. The van der Waals surface area contributed by atoms with E-state index >= 15 is 0 Å². The highest BCUT2D eigenvalue weighted by Crippen LogP contribution is 2.30. The Morgan fingerprint density at radius 1 is 1.27 bits per heavy atom. The standard InChI is InChI=1S/C11H20BrN3/c1-5-11(6-2,7-12)8-15-10(4)13-9(3)14-15/h5-8H2,1-4H3. The normalized spacial score (nSPS) is 12.1. The summed E-state index contributed by atoms with van der Waals surface area (Å²) in [6, 6.07) is 0. The minimum Gasteiger partial charge on any atom is -0.250 e. The van der Waals surface area contributed by atoms with Gasteiger partial charge in [-0.2, -0.15) is 5.10 Å². The molecule has 0 atom stereocenters. The van der Waals surface area contributed by atoms with Gasteiger partial charge in [0.25, 0.3) is 0 Å². The summed E-state index contributed by atoms with van der Waals surface area (Å²) in [6.07, 6.45) is 2.32. The van der Waals surface area contributed by atoms with Crippen LogP contribution in [0.25, 0.3) is 0 Å². The molecule has 1 heterocycles. The van der Waals surface area contributed by atoms with Crippen molar-refractivity contribution in [3.8, 4) is 0 Å². The van der Waals surface area contributed by atoms with Gasteiger partial charge in [-0.15, -0.1) is 0 Å². The first-order valence-corrected chi connectivity index (χ1v) is 6.63. The van der Waals surface area contributed by atoms with Crippen LogP contribution in [0.15, 0.2) is 0 Å². The monoisotopic (exact) mass is 273 g/mol. The van der Waals surface area contributed by atoms with Crippen molar-refractivity contribution in [3.63, 3.8) is 0 Å². The Kier molecular flexibility index (Phi) is 4.32. The number of halogens is 1. The van der Waals surface area contributed by atoms with Crippen molar-refractivity contribution in [2.45, 2.75) is 47.1 Å². The Labute approximate surface area is 100 Å². The Bertz CT molecular complexity index is 307. The van der Waals surface area contributed by atoms with Crippen molar-refractivity contribution in [2.75, 3.05) is 5.33 Å². The smallest absolute Gasteiger partial charge is 0.147 e. The molecule has 1 aromatic heterocycles. The molecular weight excluding hydrogens is 254 g/mol. The molecular formula is C11H20BrN3. The van der Waals surface area contributed by atoms with Crippen molar-refractivity contribution in [1.29, 1.82) is 0 Å². The van der Waals surface area contributed by atoms with E-state index in [2.05, 4.69) is 39.9 Å². The van der Waals surface area contributed by atoms with Crippen molar-refractivity contribution in [2.24, 2.45) is 5.41 Å². The molecule has 1 rings (SSSR count). The summed E-state index contributed by atoms with van der Waals surface area (Å²) in [5.41, 5.74) is 0.310. The molecule has 0 unspecified atom stereocenters. The SMILES string of the molecule is CCC(CC)(CBr)Cn1nc(C)nc1C. The largest absolute Gasteiger partial charge is 0.250 e. The molecule has 0 spiro atoms. The van der Waals surface area contributed by atoms with Gasteiger partial charge in [0.05, 0.1) is 0 Å². The lowest BCUT2D eigenvalue weighted by Crippen LogP contribution is -2.28. The van der Waals surface area contributed by atoms with E-state index in [0.29, 0.717) is 5.41 Å². The van der Waals surface area contributed by atoms with Gasteiger partial charge in [0, 0.05) is 11.9 Å². The fourth-order valence-electron chi connectivity index (χ4n) is 1.73. The van der Waals surface area contributed by atoms with Gasteiger partial charge in [-0.3, -0.25) is 0 Å². The molecule has 0 amide bonds. The Morgan fingerprint density at radius 2 is 1.87 bits per heavy atom. The van der Waals surface area contributed by atoms with Crippen molar-refractivity contribution < 1.29 is 0 Å². The molecule has 86 valence electrons. The molecule has 0 fully saturated rings. The summed E-state index contributed by atoms with van der Waals surface area (Å²) in [4.78, 5) is 4.33. The van der Waals surface area contributed by atoms with Crippen LogP contribution in [0.3, 0.4) is 0 Å². The number of rotatable bonds is 5. The highest BCUT2D eigenvalue weighted by molar-refractivity contribution is 9.09. The van der Waals surface area contributed by atoms with Gasteiger partial charge in [-0.1, -0.05) is 29.8 Å². The van der Waals surface area contributed by atoms with E-state index < -0.39 is 0 Å². The number of hydrogen-bond acceptors (Lipinski definition) is 2. The zero-order valence-electron chi connectivity index (χ0n) is 10.0. The van der Waals surface area contributed by atoms with Gasteiger partial charge in [-0.05, 0) is 32.1 Å². The van der Waals surface area contributed by atoms with Crippen LogP contribution >= 0.6 is 15.9 Å². The van der Waals surface area contributed by atoms with Gasteiger partial charge >= 0.3 is 0 Å². The topological polar surface area (TPSA) is 30.7 Å². The van der Waals surface area contributed by atoms with E-state index in [1.807, 2.05) is 18.5 Å². The molecule has 0 aliphatic carbocycles. The van der Waals surface area contributed by atoms with E-state index in [1.54, 1.807) is 0 Å². The Balaban J connectivity index is 2.87. The summed E-state index contributed by atoms with van der Waals surface area (Å²) < 4.78 is 2.03.